The second kappa shape index (κ2) is 5.12. The number of hydrogen-bond donors (Lipinski definition) is 0. The molecule has 0 saturated heterocycles. The summed E-state index contributed by atoms with van der Waals surface area (Å²) in [4.78, 5) is 20.7. The Hall–Kier alpha value is -0.580. The lowest BCUT2D eigenvalue weighted by atomic mass is 10.3. The molecule has 0 fully saturated rings. The maximum absolute atomic E-state index is 10.7. The molecule has 0 saturated carbocycles. The van der Waals surface area contributed by atoms with Crippen molar-refractivity contribution in [2.45, 2.75) is 11.2 Å². The quantitative estimate of drug-likeness (QED) is 0.518. The largest absolute Gasteiger partial charge is 0.469 e. The van der Waals surface area contributed by atoms with Crippen LogP contribution in [0.15, 0.2) is 0 Å². The van der Waals surface area contributed by atoms with Crippen LogP contribution >= 0.6 is 15.9 Å². The van der Waals surface area contributed by atoms with E-state index in [2.05, 4.69) is 25.4 Å². The summed E-state index contributed by atoms with van der Waals surface area (Å²) in [5.41, 5.74) is 0. The average Bonchev–Trinajstić information content (AvgIpc) is 2.02. The molecule has 0 N–H and O–H groups in total. The van der Waals surface area contributed by atoms with Crippen molar-refractivity contribution in [3.8, 4) is 0 Å². The molecule has 0 heterocycles. The number of halogens is 1. The van der Waals surface area contributed by atoms with E-state index >= 15 is 0 Å². The number of esters is 2. The fourth-order valence-corrected chi connectivity index (χ4v) is 0.892. The third-order valence-corrected chi connectivity index (χ3v) is 1.73. The fourth-order valence-electron chi connectivity index (χ4n) is 0.441. The molecule has 1 atom stereocenters. The van der Waals surface area contributed by atoms with E-state index in [0.717, 1.165) is 0 Å². The van der Waals surface area contributed by atoms with Crippen molar-refractivity contribution in [3.05, 3.63) is 0 Å². The van der Waals surface area contributed by atoms with Crippen LogP contribution in [0.4, 0.5) is 0 Å². The second-order valence-electron chi connectivity index (χ2n) is 1.77. The van der Waals surface area contributed by atoms with Gasteiger partial charge < -0.3 is 9.47 Å². The van der Waals surface area contributed by atoms with E-state index in [-0.39, 0.29) is 6.42 Å². The first-order valence-corrected chi connectivity index (χ1v) is 3.82. The SMILES string of the molecule is COC(=O)C[C@H](Br)C(=O)OC. The molecule has 0 amide bonds. The Kier molecular flexibility index (Phi) is 4.85. The Morgan fingerprint density at radius 3 is 2.27 bits per heavy atom. The standard InChI is InChI=1S/C6H9BrO4/c1-10-5(8)3-4(7)6(9)11-2/h4H,3H2,1-2H3/t4-/m0/s1. The van der Waals surface area contributed by atoms with Crippen molar-refractivity contribution in [1.29, 1.82) is 0 Å². The van der Waals surface area contributed by atoms with E-state index in [1.165, 1.54) is 14.2 Å². The molecule has 0 unspecified atom stereocenters. The van der Waals surface area contributed by atoms with Crippen LogP contribution < -0.4 is 0 Å². The van der Waals surface area contributed by atoms with Crippen LogP contribution in [-0.2, 0) is 19.1 Å². The lowest BCUT2D eigenvalue weighted by Crippen LogP contribution is -2.19. The molecule has 0 aromatic carbocycles. The van der Waals surface area contributed by atoms with Crippen molar-refractivity contribution >= 4 is 27.9 Å². The normalized spacial score (nSPS) is 11.9. The Morgan fingerprint density at radius 2 is 1.91 bits per heavy atom. The molecule has 0 bridgehead atoms. The highest BCUT2D eigenvalue weighted by molar-refractivity contribution is 9.10. The molecule has 0 aromatic heterocycles. The van der Waals surface area contributed by atoms with Crippen molar-refractivity contribution in [2.75, 3.05) is 14.2 Å². The summed E-state index contributed by atoms with van der Waals surface area (Å²) in [6, 6.07) is 0. The minimum atomic E-state index is -0.611. The Labute approximate surface area is 73.0 Å². The summed E-state index contributed by atoms with van der Waals surface area (Å²) in [6.45, 7) is 0. The smallest absolute Gasteiger partial charge is 0.320 e. The third kappa shape index (κ3) is 3.98. The van der Waals surface area contributed by atoms with Crippen LogP contribution in [0.1, 0.15) is 6.42 Å². The van der Waals surface area contributed by atoms with Gasteiger partial charge in [-0.25, -0.2) is 0 Å². The van der Waals surface area contributed by atoms with Crippen LogP contribution in [0, 0.1) is 0 Å². The highest BCUT2D eigenvalue weighted by Gasteiger charge is 2.19. The molecule has 0 rings (SSSR count). The van der Waals surface area contributed by atoms with Gasteiger partial charge in [-0.1, -0.05) is 15.9 Å². The number of carbonyl (C=O) groups is 2. The Balaban J connectivity index is 3.77. The number of rotatable bonds is 3. The highest BCUT2D eigenvalue weighted by atomic mass is 79.9. The minimum absolute atomic E-state index is 0.0107. The minimum Gasteiger partial charge on any atom is -0.469 e. The molecule has 0 spiro atoms. The maximum Gasteiger partial charge on any atom is 0.320 e. The summed E-state index contributed by atoms with van der Waals surface area (Å²) in [5, 5.41) is 0. The summed E-state index contributed by atoms with van der Waals surface area (Å²) in [6.07, 6.45) is -0.0107. The van der Waals surface area contributed by atoms with Gasteiger partial charge in [-0.2, -0.15) is 0 Å². The topological polar surface area (TPSA) is 52.6 Å². The van der Waals surface area contributed by atoms with Crippen molar-refractivity contribution < 1.29 is 19.1 Å². The van der Waals surface area contributed by atoms with Crippen LogP contribution in [0.2, 0.25) is 0 Å². The molecular formula is C6H9BrO4. The zero-order valence-electron chi connectivity index (χ0n) is 6.30. The van der Waals surface area contributed by atoms with Crippen molar-refractivity contribution in [2.24, 2.45) is 0 Å². The van der Waals surface area contributed by atoms with Crippen LogP contribution in [-0.4, -0.2) is 31.0 Å². The highest BCUT2D eigenvalue weighted by Crippen LogP contribution is 2.07. The number of methoxy groups -OCH3 is 2. The van der Waals surface area contributed by atoms with Crippen molar-refractivity contribution in [3.63, 3.8) is 0 Å². The van der Waals surface area contributed by atoms with Gasteiger partial charge in [-0.05, 0) is 0 Å². The van der Waals surface area contributed by atoms with E-state index in [0.29, 0.717) is 0 Å². The van der Waals surface area contributed by atoms with E-state index in [1.54, 1.807) is 0 Å². The van der Waals surface area contributed by atoms with E-state index < -0.39 is 16.8 Å². The molecule has 0 aliphatic heterocycles. The van der Waals surface area contributed by atoms with Gasteiger partial charge in [0.25, 0.3) is 0 Å². The van der Waals surface area contributed by atoms with Gasteiger partial charge in [-0.15, -0.1) is 0 Å². The van der Waals surface area contributed by atoms with Crippen LogP contribution in [0.25, 0.3) is 0 Å². The molecule has 0 aliphatic rings. The lowest BCUT2D eigenvalue weighted by molar-refractivity contribution is -0.146. The summed E-state index contributed by atoms with van der Waals surface area (Å²) in [5.74, 6) is -0.923. The average molecular weight is 225 g/mol. The van der Waals surface area contributed by atoms with Gasteiger partial charge in [-0.3, -0.25) is 9.59 Å². The van der Waals surface area contributed by atoms with Crippen LogP contribution in [0.5, 0.6) is 0 Å². The van der Waals surface area contributed by atoms with Crippen molar-refractivity contribution in [1.82, 2.24) is 0 Å². The predicted molar refractivity (Wildman–Crippen MR) is 41.4 cm³/mol. The first-order chi connectivity index (χ1) is 5.11. The number of carbonyl (C=O) groups excluding carboxylic acids is 2. The molecule has 5 heteroatoms. The van der Waals surface area contributed by atoms with E-state index in [1.807, 2.05) is 0 Å². The van der Waals surface area contributed by atoms with Gasteiger partial charge in [0.05, 0.1) is 20.6 Å². The third-order valence-electron chi connectivity index (χ3n) is 1.03. The number of hydrogen-bond acceptors (Lipinski definition) is 4. The van der Waals surface area contributed by atoms with Gasteiger partial charge in [0.1, 0.15) is 4.83 Å². The number of alkyl halides is 1. The van der Waals surface area contributed by atoms with Gasteiger partial charge >= 0.3 is 11.9 Å². The van der Waals surface area contributed by atoms with E-state index in [4.69, 9.17) is 0 Å². The summed E-state index contributed by atoms with van der Waals surface area (Å²) in [7, 11) is 2.52. The fraction of sp³-hybridized carbons (Fsp3) is 0.667. The zero-order chi connectivity index (χ0) is 8.85. The van der Waals surface area contributed by atoms with Crippen LogP contribution in [0.3, 0.4) is 0 Å². The summed E-state index contributed by atoms with van der Waals surface area (Å²) < 4.78 is 8.70. The molecule has 4 nitrogen and oxygen atoms in total. The number of ether oxygens (including phenoxy) is 2. The lowest BCUT2D eigenvalue weighted by Gasteiger charge is -2.04. The summed E-state index contributed by atoms with van der Waals surface area (Å²) >= 11 is 2.97. The molecule has 0 aliphatic carbocycles. The Morgan fingerprint density at radius 1 is 1.36 bits per heavy atom. The zero-order valence-corrected chi connectivity index (χ0v) is 7.88. The molecule has 64 valence electrons. The van der Waals surface area contributed by atoms with Gasteiger partial charge in [0.15, 0.2) is 0 Å². The molecule has 0 aromatic rings. The predicted octanol–water partition coefficient (Wildman–Crippen LogP) is 0.486. The second-order valence-corrected chi connectivity index (χ2v) is 2.88. The first kappa shape index (κ1) is 10.4. The van der Waals surface area contributed by atoms with Gasteiger partial charge in [0.2, 0.25) is 0 Å². The monoisotopic (exact) mass is 224 g/mol. The molecular weight excluding hydrogens is 216 g/mol. The Bertz CT molecular complexity index is 157. The first-order valence-electron chi connectivity index (χ1n) is 2.90. The maximum atomic E-state index is 10.7. The van der Waals surface area contributed by atoms with E-state index in [9.17, 15) is 9.59 Å². The van der Waals surface area contributed by atoms with Gasteiger partial charge in [0, 0.05) is 0 Å². The molecule has 11 heavy (non-hydrogen) atoms. The molecule has 0 radical (unpaired) electrons.